The van der Waals surface area contributed by atoms with Gasteiger partial charge in [-0.3, -0.25) is 0 Å². The summed E-state index contributed by atoms with van der Waals surface area (Å²) in [7, 11) is 0. The SMILES string of the molecule is Cc1nc(-c2ccccc2)cc(N2CCC(c3nc4ccccc4[nH]3)CC2)n1. The average Bonchev–Trinajstić information content (AvgIpc) is 3.18. The quantitative estimate of drug-likeness (QED) is 0.568. The number of aryl methyl sites for hydroxylation is 1. The molecule has 0 aliphatic carbocycles. The first-order valence-electron chi connectivity index (χ1n) is 9.87. The minimum Gasteiger partial charge on any atom is -0.356 e. The molecule has 0 radical (unpaired) electrons. The molecule has 0 amide bonds. The van der Waals surface area contributed by atoms with Crippen molar-refractivity contribution in [1.82, 2.24) is 19.9 Å². The summed E-state index contributed by atoms with van der Waals surface area (Å²) < 4.78 is 0. The van der Waals surface area contributed by atoms with E-state index in [4.69, 9.17) is 9.97 Å². The Morgan fingerprint density at radius 1 is 0.893 bits per heavy atom. The first-order valence-corrected chi connectivity index (χ1v) is 9.87. The summed E-state index contributed by atoms with van der Waals surface area (Å²) in [4.78, 5) is 20.0. The molecule has 0 saturated carbocycles. The van der Waals surface area contributed by atoms with E-state index in [9.17, 15) is 0 Å². The lowest BCUT2D eigenvalue weighted by Crippen LogP contribution is -2.34. The Balaban J connectivity index is 1.34. The highest BCUT2D eigenvalue weighted by Gasteiger charge is 2.24. The van der Waals surface area contributed by atoms with Crippen LogP contribution in [0.5, 0.6) is 0 Å². The second kappa shape index (κ2) is 7.08. The van der Waals surface area contributed by atoms with Crippen molar-refractivity contribution >= 4 is 16.9 Å². The lowest BCUT2D eigenvalue weighted by atomic mass is 9.96. The number of benzene rings is 2. The standard InChI is InChI=1S/C23H23N5/c1-16-24-21(17-7-3-2-4-8-17)15-22(25-16)28-13-11-18(12-14-28)23-26-19-9-5-6-10-20(19)27-23/h2-10,15,18H,11-14H2,1H3,(H,26,27). The highest BCUT2D eigenvalue weighted by molar-refractivity contribution is 5.74. The molecule has 1 N–H and O–H groups in total. The molecule has 0 bridgehead atoms. The van der Waals surface area contributed by atoms with Crippen LogP contribution in [-0.2, 0) is 0 Å². The molecular formula is C23H23N5. The van der Waals surface area contributed by atoms with Gasteiger partial charge in [0.1, 0.15) is 17.5 Å². The van der Waals surface area contributed by atoms with Crippen molar-refractivity contribution < 1.29 is 0 Å². The third-order valence-corrected chi connectivity index (χ3v) is 5.51. The van der Waals surface area contributed by atoms with Crippen molar-refractivity contribution in [3.63, 3.8) is 0 Å². The number of aromatic amines is 1. The predicted octanol–water partition coefficient (Wildman–Crippen LogP) is 4.71. The van der Waals surface area contributed by atoms with Gasteiger partial charge >= 0.3 is 0 Å². The summed E-state index contributed by atoms with van der Waals surface area (Å²) in [6.07, 6.45) is 2.15. The van der Waals surface area contributed by atoms with Crippen molar-refractivity contribution in [2.24, 2.45) is 0 Å². The van der Waals surface area contributed by atoms with E-state index in [0.717, 1.165) is 65.7 Å². The molecule has 1 aliphatic heterocycles. The van der Waals surface area contributed by atoms with Gasteiger partial charge in [-0.2, -0.15) is 0 Å². The Morgan fingerprint density at radius 2 is 1.64 bits per heavy atom. The van der Waals surface area contributed by atoms with E-state index in [1.54, 1.807) is 0 Å². The number of para-hydroxylation sites is 2. The lowest BCUT2D eigenvalue weighted by molar-refractivity contribution is 0.487. The Labute approximate surface area is 164 Å². The van der Waals surface area contributed by atoms with Crippen LogP contribution in [-0.4, -0.2) is 33.0 Å². The molecule has 140 valence electrons. The van der Waals surface area contributed by atoms with Crippen molar-refractivity contribution in [3.8, 4) is 11.3 Å². The highest BCUT2D eigenvalue weighted by Crippen LogP contribution is 2.30. The zero-order chi connectivity index (χ0) is 18.9. The van der Waals surface area contributed by atoms with Gasteiger partial charge in [0.05, 0.1) is 16.7 Å². The lowest BCUT2D eigenvalue weighted by Gasteiger charge is -2.32. The second-order valence-corrected chi connectivity index (χ2v) is 7.43. The molecular weight excluding hydrogens is 346 g/mol. The molecule has 1 aliphatic rings. The Morgan fingerprint density at radius 3 is 2.43 bits per heavy atom. The minimum absolute atomic E-state index is 0.472. The maximum atomic E-state index is 4.80. The Bertz CT molecular complexity index is 1060. The number of aromatic nitrogens is 4. The van der Waals surface area contributed by atoms with Gasteiger partial charge in [0.2, 0.25) is 0 Å². The molecule has 28 heavy (non-hydrogen) atoms. The van der Waals surface area contributed by atoms with Crippen molar-refractivity contribution in [2.75, 3.05) is 18.0 Å². The fraction of sp³-hybridized carbons (Fsp3) is 0.261. The molecule has 4 aromatic rings. The van der Waals surface area contributed by atoms with Crippen molar-refractivity contribution in [2.45, 2.75) is 25.7 Å². The van der Waals surface area contributed by atoms with E-state index >= 15 is 0 Å². The third kappa shape index (κ3) is 3.24. The number of hydrogen-bond donors (Lipinski definition) is 1. The van der Waals surface area contributed by atoms with Crippen LogP contribution in [0, 0.1) is 6.92 Å². The number of hydrogen-bond acceptors (Lipinski definition) is 4. The molecule has 0 spiro atoms. The Kier molecular flexibility index (Phi) is 4.28. The molecule has 5 heteroatoms. The minimum atomic E-state index is 0.472. The van der Waals surface area contributed by atoms with Crippen LogP contribution in [0.1, 0.15) is 30.4 Å². The van der Waals surface area contributed by atoms with Crippen LogP contribution in [0.3, 0.4) is 0 Å². The molecule has 0 unspecified atom stereocenters. The maximum Gasteiger partial charge on any atom is 0.132 e. The number of fused-ring (bicyclic) bond motifs is 1. The number of imidazole rings is 1. The smallest absolute Gasteiger partial charge is 0.132 e. The van der Waals surface area contributed by atoms with Crippen LogP contribution in [0.25, 0.3) is 22.3 Å². The maximum absolute atomic E-state index is 4.80. The number of piperidine rings is 1. The molecule has 5 nitrogen and oxygen atoms in total. The van der Waals surface area contributed by atoms with Gasteiger partial charge in [-0.25, -0.2) is 15.0 Å². The van der Waals surface area contributed by atoms with Crippen molar-refractivity contribution in [3.05, 3.63) is 72.3 Å². The summed E-state index contributed by atoms with van der Waals surface area (Å²) in [5.74, 6) is 3.43. The normalized spacial score (nSPS) is 15.2. The predicted molar refractivity (Wildman–Crippen MR) is 112 cm³/mol. The summed E-state index contributed by atoms with van der Waals surface area (Å²) >= 11 is 0. The number of nitrogens with zero attached hydrogens (tertiary/aromatic N) is 4. The molecule has 1 saturated heterocycles. The van der Waals surface area contributed by atoms with Crippen LogP contribution in [0.15, 0.2) is 60.7 Å². The first kappa shape index (κ1) is 16.9. The van der Waals surface area contributed by atoms with Crippen LogP contribution in [0.4, 0.5) is 5.82 Å². The van der Waals surface area contributed by atoms with Gasteiger partial charge in [-0.15, -0.1) is 0 Å². The van der Waals surface area contributed by atoms with Crippen LogP contribution >= 0.6 is 0 Å². The summed E-state index contributed by atoms with van der Waals surface area (Å²) in [5, 5.41) is 0. The summed E-state index contributed by atoms with van der Waals surface area (Å²) in [5.41, 5.74) is 4.30. The fourth-order valence-corrected chi connectivity index (χ4v) is 4.02. The number of H-pyrrole nitrogens is 1. The van der Waals surface area contributed by atoms with Gasteiger partial charge in [-0.1, -0.05) is 42.5 Å². The third-order valence-electron chi connectivity index (χ3n) is 5.51. The topological polar surface area (TPSA) is 57.7 Å². The average molecular weight is 369 g/mol. The van der Waals surface area contributed by atoms with Gasteiger partial charge in [0, 0.05) is 30.6 Å². The number of nitrogens with one attached hydrogen (secondary N) is 1. The second-order valence-electron chi connectivity index (χ2n) is 7.43. The Hall–Kier alpha value is -3.21. The van der Waals surface area contributed by atoms with Gasteiger partial charge in [0.15, 0.2) is 0 Å². The zero-order valence-electron chi connectivity index (χ0n) is 16.0. The summed E-state index contributed by atoms with van der Waals surface area (Å²) in [6, 6.07) is 20.7. The van der Waals surface area contributed by atoms with E-state index in [-0.39, 0.29) is 0 Å². The fourth-order valence-electron chi connectivity index (χ4n) is 4.02. The van der Waals surface area contributed by atoms with E-state index in [1.807, 2.05) is 31.2 Å². The largest absolute Gasteiger partial charge is 0.356 e. The highest BCUT2D eigenvalue weighted by atomic mass is 15.2. The monoisotopic (exact) mass is 369 g/mol. The van der Waals surface area contributed by atoms with Gasteiger partial charge < -0.3 is 9.88 Å². The van der Waals surface area contributed by atoms with Crippen LogP contribution < -0.4 is 4.90 Å². The molecule has 2 aromatic heterocycles. The molecule has 3 heterocycles. The first-order chi connectivity index (χ1) is 13.8. The van der Waals surface area contributed by atoms with E-state index < -0.39 is 0 Å². The summed E-state index contributed by atoms with van der Waals surface area (Å²) in [6.45, 7) is 3.93. The number of rotatable bonds is 3. The van der Waals surface area contributed by atoms with E-state index in [2.05, 4.69) is 51.3 Å². The van der Waals surface area contributed by atoms with Crippen molar-refractivity contribution in [1.29, 1.82) is 0 Å². The van der Waals surface area contributed by atoms with Gasteiger partial charge in [0.25, 0.3) is 0 Å². The molecule has 0 atom stereocenters. The number of anilines is 1. The molecule has 2 aromatic carbocycles. The zero-order valence-corrected chi connectivity index (χ0v) is 16.0. The molecule has 5 rings (SSSR count). The van der Waals surface area contributed by atoms with Gasteiger partial charge in [-0.05, 0) is 31.9 Å². The molecule has 1 fully saturated rings. The van der Waals surface area contributed by atoms with E-state index in [1.165, 1.54) is 0 Å². The van der Waals surface area contributed by atoms with Crippen LogP contribution in [0.2, 0.25) is 0 Å². The van der Waals surface area contributed by atoms with E-state index in [0.29, 0.717) is 5.92 Å².